The third-order valence-corrected chi connectivity index (χ3v) is 2.56. The maximum absolute atomic E-state index is 9.64. The Morgan fingerprint density at radius 3 is 2.94 bits per heavy atom. The molecule has 0 fully saturated rings. The van der Waals surface area contributed by atoms with Crippen molar-refractivity contribution in [3.63, 3.8) is 0 Å². The molecule has 0 saturated heterocycles. The lowest BCUT2D eigenvalue weighted by atomic mass is 10.1. The number of phenolic OH excluding ortho intramolecular Hbond substituents is 1. The summed E-state index contributed by atoms with van der Waals surface area (Å²) in [5, 5.41) is 12.7. The summed E-state index contributed by atoms with van der Waals surface area (Å²) in [5.41, 5.74) is 1.76. The second-order valence-electron chi connectivity index (χ2n) is 3.89. The van der Waals surface area contributed by atoms with E-state index in [4.69, 9.17) is 4.42 Å². The Balaban J connectivity index is 2.04. The molecule has 2 rings (SSSR count). The average Bonchev–Trinajstić information content (AvgIpc) is 2.77. The lowest BCUT2D eigenvalue weighted by Gasteiger charge is -2.00. The van der Waals surface area contributed by atoms with Crippen molar-refractivity contribution in [3.8, 4) is 5.75 Å². The normalized spacial score (nSPS) is 10.6. The minimum absolute atomic E-state index is 0.280. The van der Waals surface area contributed by atoms with Crippen LogP contribution in [0.4, 0.5) is 0 Å². The van der Waals surface area contributed by atoms with E-state index in [2.05, 4.69) is 10.3 Å². The SMILES string of the molecule is CNCCc1coc(Cc2ccccc2O)n1. The molecule has 1 heterocycles. The number of nitrogens with one attached hydrogen (secondary N) is 1. The molecule has 0 saturated carbocycles. The number of aromatic hydroxyl groups is 1. The van der Waals surface area contributed by atoms with Crippen molar-refractivity contribution in [2.45, 2.75) is 12.8 Å². The Morgan fingerprint density at radius 2 is 2.18 bits per heavy atom. The van der Waals surface area contributed by atoms with E-state index < -0.39 is 0 Å². The van der Waals surface area contributed by atoms with Gasteiger partial charge in [0.15, 0.2) is 5.89 Å². The molecule has 0 atom stereocenters. The number of para-hydroxylation sites is 1. The molecular weight excluding hydrogens is 216 g/mol. The topological polar surface area (TPSA) is 58.3 Å². The van der Waals surface area contributed by atoms with Crippen LogP contribution in [0.15, 0.2) is 34.9 Å². The van der Waals surface area contributed by atoms with Crippen molar-refractivity contribution in [2.75, 3.05) is 13.6 Å². The second-order valence-corrected chi connectivity index (χ2v) is 3.89. The molecule has 0 spiro atoms. The van der Waals surface area contributed by atoms with Gasteiger partial charge in [-0.25, -0.2) is 4.98 Å². The van der Waals surface area contributed by atoms with Gasteiger partial charge in [0, 0.05) is 18.5 Å². The van der Waals surface area contributed by atoms with Crippen LogP contribution in [0.2, 0.25) is 0 Å². The summed E-state index contributed by atoms with van der Waals surface area (Å²) in [6, 6.07) is 7.22. The van der Waals surface area contributed by atoms with E-state index in [1.54, 1.807) is 18.4 Å². The van der Waals surface area contributed by atoms with E-state index in [0.717, 1.165) is 24.2 Å². The number of hydrogen-bond acceptors (Lipinski definition) is 4. The minimum atomic E-state index is 0.280. The predicted molar refractivity (Wildman–Crippen MR) is 65.0 cm³/mol. The van der Waals surface area contributed by atoms with E-state index in [1.807, 2.05) is 19.2 Å². The van der Waals surface area contributed by atoms with Gasteiger partial charge in [-0.15, -0.1) is 0 Å². The highest BCUT2D eigenvalue weighted by molar-refractivity contribution is 5.33. The number of aromatic nitrogens is 1. The molecule has 90 valence electrons. The Bertz CT molecular complexity index is 480. The van der Waals surface area contributed by atoms with Gasteiger partial charge in [0.1, 0.15) is 12.0 Å². The van der Waals surface area contributed by atoms with Gasteiger partial charge in [-0.2, -0.15) is 0 Å². The molecule has 1 aromatic heterocycles. The highest BCUT2D eigenvalue weighted by Crippen LogP contribution is 2.19. The van der Waals surface area contributed by atoms with Crippen LogP contribution in [0, 0.1) is 0 Å². The first-order valence-corrected chi connectivity index (χ1v) is 5.64. The fourth-order valence-electron chi connectivity index (χ4n) is 1.62. The number of phenols is 1. The van der Waals surface area contributed by atoms with Crippen LogP contribution in [0.25, 0.3) is 0 Å². The number of oxazole rings is 1. The van der Waals surface area contributed by atoms with Gasteiger partial charge in [-0.3, -0.25) is 0 Å². The zero-order chi connectivity index (χ0) is 12.1. The highest BCUT2D eigenvalue weighted by Gasteiger charge is 2.07. The first-order chi connectivity index (χ1) is 8.29. The van der Waals surface area contributed by atoms with Crippen molar-refractivity contribution in [1.82, 2.24) is 10.3 Å². The molecule has 17 heavy (non-hydrogen) atoms. The van der Waals surface area contributed by atoms with Gasteiger partial charge in [-0.05, 0) is 13.1 Å². The van der Waals surface area contributed by atoms with Crippen LogP contribution in [0.3, 0.4) is 0 Å². The molecule has 2 N–H and O–H groups in total. The molecule has 0 radical (unpaired) electrons. The summed E-state index contributed by atoms with van der Waals surface area (Å²) < 4.78 is 5.37. The molecule has 0 aliphatic carbocycles. The van der Waals surface area contributed by atoms with Gasteiger partial charge >= 0.3 is 0 Å². The van der Waals surface area contributed by atoms with Gasteiger partial charge in [-0.1, -0.05) is 18.2 Å². The van der Waals surface area contributed by atoms with E-state index in [0.29, 0.717) is 12.3 Å². The van der Waals surface area contributed by atoms with E-state index in [-0.39, 0.29) is 5.75 Å². The monoisotopic (exact) mass is 232 g/mol. The maximum atomic E-state index is 9.64. The summed E-state index contributed by atoms with van der Waals surface area (Å²) in [6.45, 7) is 0.878. The lowest BCUT2D eigenvalue weighted by Crippen LogP contribution is -2.10. The third-order valence-electron chi connectivity index (χ3n) is 2.56. The number of benzene rings is 1. The van der Waals surface area contributed by atoms with Gasteiger partial charge < -0.3 is 14.8 Å². The number of rotatable bonds is 5. The van der Waals surface area contributed by atoms with Crippen LogP contribution in [-0.4, -0.2) is 23.7 Å². The molecule has 0 aliphatic heterocycles. The van der Waals surface area contributed by atoms with Crippen LogP contribution >= 0.6 is 0 Å². The molecule has 0 unspecified atom stereocenters. The number of nitrogens with zero attached hydrogens (tertiary/aromatic N) is 1. The zero-order valence-corrected chi connectivity index (χ0v) is 9.81. The second kappa shape index (κ2) is 5.50. The molecule has 4 nitrogen and oxygen atoms in total. The Morgan fingerprint density at radius 1 is 1.35 bits per heavy atom. The Labute approximate surface area is 100 Å². The standard InChI is InChI=1S/C13H16N2O2/c1-14-7-6-11-9-17-13(15-11)8-10-4-2-3-5-12(10)16/h2-5,9,14,16H,6-8H2,1H3. The number of hydrogen-bond donors (Lipinski definition) is 2. The van der Waals surface area contributed by atoms with Crippen LogP contribution in [0.1, 0.15) is 17.1 Å². The molecule has 0 bridgehead atoms. The fraction of sp³-hybridized carbons (Fsp3) is 0.308. The smallest absolute Gasteiger partial charge is 0.198 e. The number of likely N-dealkylation sites (N-methyl/N-ethyl adjacent to an activating group) is 1. The minimum Gasteiger partial charge on any atom is -0.508 e. The largest absolute Gasteiger partial charge is 0.508 e. The summed E-state index contributed by atoms with van der Waals surface area (Å²) in [7, 11) is 1.91. The van der Waals surface area contributed by atoms with Crippen molar-refractivity contribution >= 4 is 0 Å². The predicted octanol–water partition coefficient (Wildman–Crippen LogP) is 1.73. The van der Waals surface area contributed by atoms with E-state index >= 15 is 0 Å². The fourth-order valence-corrected chi connectivity index (χ4v) is 1.62. The summed E-state index contributed by atoms with van der Waals surface area (Å²) in [6.07, 6.45) is 3.04. The molecule has 4 heteroatoms. The van der Waals surface area contributed by atoms with Crippen LogP contribution in [0.5, 0.6) is 5.75 Å². The molecule has 0 amide bonds. The van der Waals surface area contributed by atoms with E-state index in [9.17, 15) is 5.11 Å². The average molecular weight is 232 g/mol. The van der Waals surface area contributed by atoms with Gasteiger partial charge in [0.25, 0.3) is 0 Å². The highest BCUT2D eigenvalue weighted by atomic mass is 16.3. The van der Waals surface area contributed by atoms with Crippen molar-refractivity contribution in [1.29, 1.82) is 0 Å². The molecular formula is C13H16N2O2. The first kappa shape index (κ1) is 11.7. The Hall–Kier alpha value is -1.81. The van der Waals surface area contributed by atoms with Crippen molar-refractivity contribution in [3.05, 3.63) is 47.7 Å². The van der Waals surface area contributed by atoms with E-state index in [1.165, 1.54) is 0 Å². The van der Waals surface area contributed by atoms with Gasteiger partial charge in [0.05, 0.1) is 12.1 Å². The third kappa shape index (κ3) is 3.07. The summed E-state index contributed by atoms with van der Waals surface area (Å²) in [4.78, 5) is 4.37. The maximum Gasteiger partial charge on any atom is 0.198 e. The quantitative estimate of drug-likeness (QED) is 0.824. The molecule has 2 aromatic rings. The lowest BCUT2D eigenvalue weighted by molar-refractivity contribution is 0.461. The summed E-state index contributed by atoms with van der Waals surface area (Å²) in [5.74, 6) is 0.917. The molecule has 1 aromatic carbocycles. The van der Waals surface area contributed by atoms with Crippen LogP contribution in [-0.2, 0) is 12.8 Å². The Kier molecular flexibility index (Phi) is 3.77. The van der Waals surface area contributed by atoms with Gasteiger partial charge in [0.2, 0.25) is 0 Å². The molecule has 0 aliphatic rings. The summed E-state index contributed by atoms with van der Waals surface area (Å²) >= 11 is 0. The zero-order valence-electron chi connectivity index (χ0n) is 9.81. The van der Waals surface area contributed by atoms with Crippen molar-refractivity contribution < 1.29 is 9.52 Å². The van der Waals surface area contributed by atoms with Crippen LogP contribution < -0.4 is 5.32 Å². The first-order valence-electron chi connectivity index (χ1n) is 5.64. The van der Waals surface area contributed by atoms with Crippen molar-refractivity contribution in [2.24, 2.45) is 0 Å².